The number of aryl methyl sites for hydroxylation is 1. The van der Waals surface area contributed by atoms with Gasteiger partial charge in [-0.15, -0.1) is 11.3 Å². The molecule has 3 rings (SSSR count). The van der Waals surface area contributed by atoms with E-state index in [-0.39, 0.29) is 17.9 Å². The lowest BCUT2D eigenvalue weighted by Gasteiger charge is -2.32. The number of rotatable bonds is 4. The molecule has 118 valence electrons. The molecule has 2 N–H and O–H groups in total. The van der Waals surface area contributed by atoms with Gasteiger partial charge in [-0.2, -0.15) is 5.26 Å². The van der Waals surface area contributed by atoms with Gasteiger partial charge in [0, 0.05) is 17.9 Å². The Labute approximate surface area is 135 Å². The SMILES string of the molecule is Cc1nc(C2CCCCC2)sc1NC(=O)[C@H]1C[C@H](NC#N)C1. The average molecular weight is 318 g/mol. The third kappa shape index (κ3) is 3.25. The summed E-state index contributed by atoms with van der Waals surface area (Å²) in [6, 6.07) is 0.168. The molecule has 5 nitrogen and oxygen atoms in total. The van der Waals surface area contributed by atoms with Crippen molar-refractivity contribution in [2.75, 3.05) is 5.32 Å². The highest BCUT2D eigenvalue weighted by Gasteiger charge is 2.35. The largest absolute Gasteiger partial charge is 0.321 e. The highest BCUT2D eigenvalue weighted by atomic mass is 32.1. The maximum atomic E-state index is 12.2. The first-order chi connectivity index (χ1) is 10.7. The summed E-state index contributed by atoms with van der Waals surface area (Å²) in [7, 11) is 0. The van der Waals surface area contributed by atoms with E-state index < -0.39 is 0 Å². The number of aromatic nitrogens is 1. The number of anilines is 1. The zero-order valence-electron chi connectivity index (χ0n) is 12.9. The molecule has 0 aromatic carbocycles. The number of thiazole rings is 1. The molecule has 0 bridgehead atoms. The van der Waals surface area contributed by atoms with Crippen LogP contribution in [0.1, 0.15) is 61.6 Å². The number of carbonyl (C=O) groups excluding carboxylic acids is 1. The van der Waals surface area contributed by atoms with E-state index in [9.17, 15) is 4.79 Å². The Morgan fingerprint density at radius 1 is 1.32 bits per heavy atom. The smallest absolute Gasteiger partial charge is 0.228 e. The summed E-state index contributed by atoms with van der Waals surface area (Å²) in [5, 5.41) is 16.4. The topological polar surface area (TPSA) is 77.8 Å². The molecular weight excluding hydrogens is 296 g/mol. The fourth-order valence-corrected chi connectivity index (χ4v) is 4.45. The normalized spacial score (nSPS) is 25.1. The second kappa shape index (κ2) is 6.66. The lowest BCUT2D eigenvalue weighted by atomic mass is 9.80. The van der Waals surface area contributed by atoms with Crippen LogP contribution < -0.4 is 10.6 Å². The third-order valence-corrected chi connectivity index (χ3v) is 6.02. The summed E-state index contributed by atoms with van der Waals surface area (Å²) in [5.74, 6) is 0.666. The van der Waals surface area contributed by atoms with Gasteiger partial charge in [0.05, 0.1) is 10.7 Å². The first-order valence-corrected chi connectivity index (χ1v) is 8.92. The molecule has 22 heavy (non-hydrogen) atoms. The van der Waals surface area contributed by atoms with E-state index in [1.807, 2.05) is 13.1 Å². The van der Waals surface area contributed by atoms with Crippen molar-refractivity contribution >= 4 is 22.2 Å². The highest BCUT2D eigenvalue weighted by molar-refractivity contribution is 7.16. The van der Waals surface area contributed by atoms with Crippen LogP contribution in [-0.2, 0) is 4.79 Å². The molecule has 0 radical (unpaired) electrons. The molecule has 0 atom stereocenters. The van der Waals surface area contributed by atoms with Crippen molar-refractivity contribution in [1.82, 2.24) is 10.3 Å². The van der Waals surface area contributed by atoms with Crippen molar-refractivity contribution in [3.63, 3.8) is 0 Å². The van der Waals surface area contributed by atoms with Crippen LogP contribution in [0, 0.1) is 24.3 Å². The molecule has 2 aliphatic carbocycles. The quantitative estimate of drug-likeness (QED) is 0.659. The second-order valence-electron chi connectivity index (χ2n) is 6.41. The second-order valence-corrected chi connectivity index (χ2v) is 7.44. The van der Waals surface area contributed by atoms with Crippen LogP contribution in [0.4, 0.5) is 5.00 Å². The standard InChI is InChI=1S/C16H22N4OS/c1-10-15(20-14(21)12-7-13(8-12)18-9-17)22-16(19-10)11-5-3-2-4-6-11/h11-13,18H,2-8H2,1H3,(H,20,21)/t12-,13-. The maximum absolute atomic E-state index is 12.2. The van der Waals surface area contributed by atoms with E-state index >= 15 is 0 Å². The van der Waals surface area contributed by atoms with Crippen LogP contribution in [0.2, 0.25) is 0 Å². The number of carbonyl (C=O) groups is 1. The van der Waals surface area contributed by atoms with Gasteiger partial charge in [0.25, 0.3) is 0 Å². The molecule has 2 aliphatic rings. The Balaban J connectivity index is 1.57. The van der Waals surface area contributed by atoms with Gasteiger partial charge < -0.3 is 10.6 Å². The molecule has 0 aliphatic heterocycles. The summed E-state index contributed by atoms with van der Waals surface area (Å²) in [5.41, 5.74) is 0.935. The Kier molecular flexibility index (Phi) is 4.63. The third-order valence-electron chi connectivity index (χ3n) is 4.78. The number of hydrogen-bond acceptors (Lipinski definition) is 5. The molecule has 1 aromatic heterocycles. The van der Waals surface area contributed by atoms with E-state index in [0.29, 0.717) is 5.92 Å². The molecule has 2 saturated carbocycles. The van der Waals surface area contributed by atoms with Crippen LogP contribution in [0.5, 0.6) is 0 Å². The summed E-state index contributed by atoms with van der Waals surface area (Å²) in [6.45, 7) is 1.97. The van der Waals surface area contributed by atoms with E-state index in [4.69, 9.17) is 5.26 Å². The highest BCUT2D eigenvalue weighted by Crippen LogP contribution is 2.38. The van der Waals surface area contributed by atoms with Crippen LogP contribution in [0.25, 0.3) is 0 Å². The average Bonchev–Trinajstić information content (AvgIpc) is 2.84. The Morgan fingerprint density at radius 2 is 2.05 bits per heavy atom. The minimum atomic E-state index is 0.0190. The monoisotopic (exact) mass is 318 g/mol. The Morgan fingerprint density at radius 3 is 2.73 bits per heavy atom. The van der Waals surface area contributed by atoms with E-state index in [1.54, 1.807) is 11.3 Å². The van der Waals surface area contributed by atoms with Crippen molar-refractivity contribution in [2.24, 2.45) is 5.92 Å². The van der Waals surface area contributed by atoms with Crippen LogP contribution in [0.15, 0.2) is 0 Å². The van der Waals surface area contributed by atoms with Gasteiger partial charge in [0.2, 0.25) is 5.91 Å². The summed E-state index contributed by atoms with van der Waals surface area (Å²) < 4.78 is 0. The molecular formula is C16H22N4OS. The Bertz CT molecular complexity index is 579. The molecule has 0 spiro atoms. The van der Waals surface area contributed by atoms with Gasteiger partial charge in [-0.3, -0.25) is 4.79 Å². The predicted octanol–water partition coefficient (Wildman–Crippen LogP) is 3.29. The number of nitriles is 1. The van der Waals surface area contributed by atoms with Crippen molar-refractivity contribution in [3.05, 3.63) is 10.7 Å². The molecule has 1 amide bonds. The number of hydrogen-bond donors (Lipinski definition) is 2. The van der Waals surface area contributed by atoms with Crippen LogP contribution in [0.3, 0.4) is 0 Å². The first kappa shape index (κ1) is 15.3. The molecule has 0 unspecified atom stereocenters. The number of amides is 1. The lowest BCUT2D eigenvalue weighted by molar-refractivity contribution is -0.122. The summed E-state index contributed by atoms with van der Waals surface area (Å²) >= 11 is 1.65. The van der Waals surface area contributed by atoms with Crippen molar-refractivity contribution in [1.29, 1.82) is 5.26 Å². The molecule has 0 saturated heterocycles. The molecule has 2 fully saturated rings. The summed E-state index contributed by atoms with van der Waals surface area (Å²) in [6.07, 6.45) is 9.80. The number of nitrogens with zero attached hydrogens (tertiary/aromatic N) is 2. The molecule has 1 aromatic rings. The van der Waals surface area contributed by atoms with Crippen molar-refractivity contribution < 1.29 is 4.79 Å². The predicted molar refractivity (Wildman–Crippen MR) is 86.6 cm³/mol. The number of nitrogens with one attached hydrogen (secondary N) is 2. The van der Waals surface area contributed by atoms with Crippen molar-refractivity contribution in [3.8, 4) is 6.19 Å². The van der Waals surface area contributed by atoms with E-state index in [1.165, 1.54) is 37.1 Å². The van der Waals surface area contributed by atoms with Gasteiger partial charge in [0.1, 0.15) is 5.00 Å². The zero-order valence-corrected chi connectivity index (χ0v) is 13.7. The van der Waals surface area contributed by atoms with Gasteiger partial charge in [0.15, 0.2) is 6.19 Å². The van der Waals surface area contributed by atoms with E-state index in [2.05, 4.69) is 15.6 Å². The molecule has 1 heterocycles. The van der Waals surface area contributed by atoms with Crippen LogP contribution in [-0.4, -0.2) is 16.9 Å². The minimum Gasteiger partial charge on any atom is -0.321 e. The Hall–Kier alpha value is -1.61. The van der Waals surface area contributed by atoms with Crippen LogP contribution >= 0.6 is 11.3 Å². The fourth-order valence-electron chi connectivity index (χ4n) is 3.31. The van der Waals surface area contributed by atoms with Gasteiger partial charge >= 0.3 is 0 Å². The van der Waals surface area contributed by atoms with E-state index in [0.717, 1.165) is 23.5 Å². The zero-order chi connectivity index (χ0) is 15.5. The maximum Gasteiger partial charge on any atom is 0.228 e. The fraction of sp³-hybridized carbons (Fsp3) is 0.688. The summed E-state index contributed by atoms with van der Waals surface area (Å²) in [4.78, 5) is 16.9. The van der Waals surface area contributed by atoms with Crippen molar-refractivity contribution in [2.45, 2.75) is 63.8 Å². The first-order valence-electron chi connectivity index (χ1n) is 8.10. The van der Waals surface area contributed by atoms with Gasteiger partial charge in [-0.1, -0.05) is 19.3 Å². The molecule has 6 heteroatoms. The minimum absolute atomic E-state index is 0.0190. The van der Waals surface area contributed by atoms with Gasteiger partial charge in [-0.25, -0.2) is 4.98 Å². The van der Waals surface area contributed by atoms with Gasteiger partial charge in [-0.05, 0) is 32.6 Å². The lowest BCUT2D eigenvalue weighted by Crippen LogP contribution is -2.44.